The molecule has 418 valence electrons. The predicted molar refractivity (Wildman–Crippen MR) is 289 cm³/mol. The number of nitrogens with one attached hydrogen (secondary N) is 3. The van der Waals surface area contributed by atoms with Crippen molar-refractivity contribution in [3.8, 4) is 5.75 Å². The smallest absolute Gasteiger partial charge is 0.263 e. The zero-order chi connectivity index (χ0) is 54.8. The van der Waals surface area contributed by atoms with Crippen molar-refractivity contribution in [2.75, 3.05) is 135 Å². The summed E-state index contributed by atoms with van der Waals surface area (Å²) in [6, 6.07) is 12.3. The van der Waals surface area contributed by atoms with Crippen LogP contribution in [-0.4, -0.2) is 201 Å². The average molecular weight is 1120 g/mol. The van der Waals surface area contributed by atoms with Gasteiger partial charge in [-0.15, -0.1) is 11.8 Å². The van der Waals surface area contributed by atoms with Crippen LogP contribution in [0, 0.1) is 5.82 Å². The fourth-order valence-electron chi connectivity index (χ4n) is 9.56. The minimum absolute atomic E-state index is 0.0141. The van der Waals surface area contributed by atoms with E-state index in [0.717, 1.165) is 56.9 Å². The molecular formula is C54H65ClFN9O12S. The number of likely N-dealkylation sites (tertiary alicyclic amines) is 1. The van der Waals surface area contributed by atoms with Gasteiger partial charge < -0.3 is 48.9 Å². The van der Waals surface area contributed by atoms with E-state index in [1.807, 2.05) is 4.90 Å². The van der Waals surface area contributed by atoms with Gasteiger partial charge in [-0.3, -0.25) is 43.9 Å². The number of benzene rings is 3. The highest BCUT2D eigenvalue weighted by molar-refractivity contribution is 7.99. The molecule has 6 amide bonds. The summed E-state index contributed by atoms with van der Waals surface area (Å²) in [5, 5.41) is 8.78. The number of anilines is 3. The maximum absolute atomic E-state index is 13.8. The van der Waals surface area contributed by atoms with Crippen molar-refractivity contribution < 1.29 is 61.6 Å². The summed E-state index contributed by atoms with van der Waals surface area (Å²) >= 11 is 7.37. The highest BCUT2D eigenvalue weighted by Gasteiger charge is 2.45. The molecule has 1 aromatic heterocycles. The van der Waals surface area contributed by atoms with E-state index in [1.165, 1.54) is 36.3 Å². The van der Waals surface area contributed by atoms with Crippen molar-refractivity contribution in [3.63, 3.8) is 0 Å². The number of aromatic nitrogens is 2. The predicted octanol–water partition coefficient (Wildman–Crippen LogP) is 4.94. The lowest BCUT2D eigenvalue weighted by atomic mass is 10.0. The first-order valence-electron chi connectivity index (χ1n) is 26.1. The highest BCUT2D eigenvalue weighted by atomic mass is 35.5. The Morgan fingerprint density at radius 2 is 1.53 bits per heavy atom. The number of amides is 6. The molecule has 0 spiro atoms. The molecule has 24 heteroatoms. The van der Waals surface area contributed by atoms with E-state index in [0.29, 0.717) is 130 Å². The fourth-order valence-corrected chi connectivity index (χ4v) is 10.7. The zero-order valence-corrected chi connectivity index (χ0v) is 44.9. The van der Waals surface area contributed by atoms with Crippen LogP contribution in [0.4, 0.5) is 21.6 Å². The van der Waals surface area contributed by atoms with Crippen molar-refractivity contribution in [3.05, 3.63) is 89.5 Å². The number of hydrogen-bond donors (Lipinski definition) is 3. The van der Waals surface area contributed by atoms with Crippen LogP contribution < -0.4 is 20.7 Å². The van der Waals surface area contributed by atoms with Gasteiger partial charge in [-0.2, -0.15) is 0 Å². The van der Waals surface area contributed by atoms with Crippen LogP contribution in [0.5, 0.6) is 5.75 Å². The number of carbonyl (C=O) groups is 6. The molecule has 5 heterocycles. The average Bonchev–Trinajstić information content (AvgIpc) is 3.91. The third kappa shape index (κ3) is 15.8. The molecule has 4 aromatic rings. The molecule has 4 aliphatic heterocycles. The highest BCUT2D eigenvalue weighted by Crippen LogP contribution is 2.36. The Bertz CT molecular complexity index is 2780. The largest absolute Gasteiger partial charge is 0.491 e. The monoisotopic (exact) mass is 1120 g/mol. The molecule has 78 heavy (non-hydrogen) atoms. The van der Waals surface area contributed by atoms with Crippen LogP contribution in [0.2, 0.25) is 5.02 Å². The molecular weight excluding hydrogens is 1050 g/mol. The Hall–Kier alpha value is -6.15. The Kier molecular flexibility index (Phi) is 21.7. The molecule has 0 bridgehead atoms. The molecule has 3 aromatic carbocycles. The fraction of sp³-hybridized carbons (Fsp3) is 0.481. The lowest BCUT2D eigenvalue weighted by Gasteiger charge is -2.42. The summed E-state index contributed by atoms with van der Waals surface area (Å²) in [7, 11) is 0. The van der Waals surface area contributed by atoms with Crippen molar-refractivity contribution in [1.82, 2.24) is 34.9 Å². The van der Waals surface area contributed by atoms with Crippen molar-refractivity contribution >= 4 is 86.9 Å². The number of halogens is 2. The van der Waals surface area contributed by atoms with Crippen molar-refractivity contribution in [2.45, 2.75) is 49.1 Å². The molecule has 3 saturated heterocycles. The van der Waals surface area contributed by atoms with E-state index in [9.17, 15) is 33.2 Å². The number of thioether (sulfide) groups is 1. The summed E-state index contributed by atoms with van der Waals surface area (Å²) in [6.07, 6.45) is 5.64. The molecule has 0 radical (unpaired) electrons. The second-order valence-electron chi connectivity index (χ2n) is 18.7. The maximum Gasteiger partial charge on any atom is 0.263 e. The van der Waals surface area contributed by atoms with Gasteiger partial charge >= 0.3 is 0 Å². The van der Waals surface area contributed by atoms with E-state index >= 15 is 0 Å². The summed E-state index contributed by atoms with van der Waals surface area (Å²) in [5.74, 6) is -1.63. The van der Waals surface area contributed by atoms with Gasteiger partial charge in [0.2, 0.25) is 23.6 Å². The molecule has 21 nitrogen and oxygen atoms in total. The Labute approximate surface area is 460 Å². The number of rotatable bonds is 29. The number of nitrogens with zero attached hydrogens (tertiary/aromatic N) is 6. The van der Waals surface area contributed by atoms with Crippen LogP contribution in [0.3, 0.4) is 0 Å². The van der Waals surface area contributed by atoms with Gasteiger partial charge in [-0.05, 0) is 81.2 Å². The number of hydrogen-bond acceptors (Lipinski definition) is 18. The first kappa shape index (κ1) is 58.0. The summed E-state index contributed by atoms with van der Waals surface area (Å²) < 4.78 is 48.0. The number of piperidine rings is 2. The Morgan fingerprint density at radius 3 is 2.22 bits per heavy atom. The Balaban J connectivity index is 0.610. The molecule has 8 rings (SSSR count). The summed E-state index contributed by atoms with van der Waals surface area (Å²) in [6.45, 7) is 13.2. The Morgan fingerprint density at radius 1 is 0.821 bits per heavy atom. The molecule has 0 aliphatic carbocycles. The lowest BCUT2D eigenvalue weighted by molar-refractivity contribution is -0.139. The molecule has 0 saturated carbocycles. The lowest BCUT2D eigenvalue weighted by Crippen LogP contribution is -2.54. The number of piperazine rings is 1. The van der Waals surface area contributed by atoms with Gasteiger partial charge in [0, 0.05) is 73.0 Å². The van der Waals surface area contributed by atoms with Gasteiger partial charge in [0.25, 0.3) is 11.8 Å². The van der Waals surface area contributed by atoms with Gasteiger partial charge in [0.15, 0.2) is 0 Å². The molecule has 3 N–H and O–H groups in total. The third-order valence-corrected chi connectivity index (χ3v) is 14.9. The molecule has 1 atom stereocenters. The SMILES string of the molecule is C=CC(=O)Nc1cc2c(Nc3ccc(F)c(Cl)c3)ncnc2cc1OCCCN1CCC(N2CCN(C(=O)COCCOCCOCCOCCOCCSc3cccc4c3C(=O)N(C3CCC(=O)NC3=O)C4=O)CC2)CC1. The van der Waals surface area contributed by atoms with Crippen LogP contribution in [0.25, 0.3) is 10.9 Å². The minimum atomic E-state index is -1.01. The van der Waals surface area contributed by atoms with E-state index in [1.54, 1.807) is 36.4 Å². The second kappa shape index (κ2) is 29.2. The third-order valence-electron chi connectivity index (χ3n) is 13.6. The topological polar surface area (TPSA) is 233 Å². The van der Waals surface area contributed by atoms with Crippen LogP contribution in [0.1, 0.15) is 52.8 Å². The van der Waals surface area contributed by atoms with Crippen LogP contribution >= 0.6 is 23.4 Å². The van der Waals surface area contributed by atoms with Gasteiger partial charge in [-0.25, -0.2) is 14.4 Å². The van der Waals surface area contributed by atoms with E-state index in [-0.39, 0.29) is 41.5 Å². The minimum Gasteiger partial charge on any atom is -0.491 e. The number of imide groups is 2. The van der Waals surface area contributed by atoms with Crippen molar-refractivity contribution in [2.24, 2.45) is 0 Å². The first-order valence-corrected chi connectivity index (χ1v) is 27.5. The van der Waals surface area contributed by atoms with Gasteiger partial charge in [0.05, 0.1) is 93.4 Å². The standard InChI is InChI=1S/C54H65ClFN9O12S/c1-2-47(66)60-43-32-39-42(57-35-58-51(39)59-36-7-8-41(56)40(55)31-36)33-45(43)77-20-4-13-62-14-11-37(12-15-62)63-16-18-64(19-17-63)49(68)34-76-28-27-74-24-23-72-21-22-73-25-26-75-29-30-78-46-6-3-5-38-50(46)54(71)65(53(38)70)44-9-10-48(67)61-52(44)69/h2-3,5-8,31-33,35,37,44H,1,4,9-30,34H2,(H,60,66)(H,57,58,59)(H,61,67,69). The number of carbonyl (C=O) groups excluding carboxylic acids is 6. The summed E-state index contributed by atoms with van der Waals surface area (Å²) in [5.41, 5.74) is 2.08. The van der Waals surface area contributed by atoms with E-state index in [4.69, 9.17) is 40.0 Å². The zero-order valence-electron chi connectivity index (χ0n) is 43.4. The molecule has 1 unspecified atom stereocenters. The number of ether oxygens (including phenoxy) is 6. The summed E-state index contributed by atoms with van der Waals surface area (Å²) in [4.78, 5) is 92.8. The number of fused-ring (bicyclic) bond motifs is 2. The van der Waals surface area contributed by atoms with E-state index < -0.39 is 41.4 Å². The van der Waals surface area contributed by atoms with Gasteiger partial charge in [0.1, 0.15) is 36.4 Å². The van der Waals surface area contributed by atoms with Gasteiger partial charge in [-0.1, -0.05) is 24.2 Å². The molecule has 4 aliphatic rings. The quantitative estimate of drug-likeness (QED) is 0.0283. The first-order chi connectivity index (χ1) is 38.0. The molecule has 3 fully saturated rings. The van der Waals surface area contributed by atoms with E-state index in [2.05, 4.69) is 42.3 Å². The van der Waals surface area contributed by atoms with Crippen LogP contribution in [-0.2, 0) is 42.9 Å². The second-order valence-corrected chi connectivity index (χ2v) is 20.2. The normalized spacial score (nSPS) is 17.4. The van der Waals surface area contributed by atoms with Crippen molar-refractivity contribution in [1.29, 1.82) is 0 Å². The maximum atomic E-state index is 13.8. The van der Waals surface area contributed by atoms with Crippen LogP contribution in [0.15, 0.2) is 72.4 Å².